The van der Waals surface area contributed by atoms with Crippen molar-refractivity contribution in [3.63, 3.8) is 0 Å². The van der Waals surface area contributed by atoms with E-state index in [0.29, 0.717) is 5.57 Å². The van der Waals surface area contributed by atoms with Crippen molar-refractivity contribution in [1.29, 1.82) is 0 Å². The summed E-state index contributed by atoms with van der Waals surface area (Å²) in [6, 6.07) is 2.51. The average molecular weight is 403 g/mol. The molecule has 2 N–H and O–H groups in total. The highest BCUT2D eigenvalue weighted by Crippen LogP contribution is 2.46. The van der Waals surface area contributed by atoms with Crippen LogP contribution in [0.3, 0.4) is 0 Å². The van der Waals surface area contributed by atoms with Gasteiger partial charge in [0, 0.05) is 17.9 Å². The van der Waals surface area contributed by atoms with E-state index in [2.05, 4.69) is 5.32 Å². The number of hydrogen-bond acceptors (Lipinski definition) is 6. The highest BCUT2D eigenvalue weighted by molar-refractivity contribution is 8.03. The largest absolute Gasteiger partial charge is 0.479 e. The molecule has 0 spiro atoms. The average Bonchev–Trinajstić information content (AvgIpc) is 3.10. The molecule has 3 heterocycles. The van der Waals surface area contributed by atoms with Crippen LogP contribution in [0.4, 0.5) is 0 Å². The van der Waals surface area contributed by atoms with Gasteiger partial charge in [-0.25, -0.2) is 4.79 Å². The Hall–Kier alpha value is -1.55. The number of aliphatic carboxylic acids is 1. The normalized spacial score (nSPS) is 28.0. The number of alkyl halides is 1. The summed E-state index contributed by atoms with van der Waals surface area (Å²) in [6.45, 7) is 0. The number of amides is 2. The lowest BCUT2D eigenvalue weighted by Gasteiger charge is -2.57. The monoisotopic (exact) mass is 402 g/mol. The lowest BCUT2D eigenvalue weighted by Crippen LogP contribution is -2.83. The van der Waals surface area contributed by atoms with E-state index in [4.69, 9.17) is 16.3 Å². The van der Waals surface area contributed by atoms with Gasteiger partial charge in [0.05, 0.1) is 6.42 Å². The zero-order valence-corrected chi connectivity index (χ0v) is 15.5. The lowest BCUT2D eigenvalue weighted by molar-refractivity contribution is -0.201. The molecule has 0 radical (unpaired) electrons. The number of thiophene rings is 1. The predicted octanol–water partition coefficient (Wildman–Crippen LogP) is 1.24. The molecule has 25 heavy (non-hydrogen) atoms. The first-order valence-electron chi connectivity index (χ1n) is 7.29. The van der Waals surface area contributed by atoms with Crippen molar-refractivity contribution in [1.82, 2.24) is 10.2 Å². The smallest absolute Gasteiger partial charge is 0.330 e. The van der Waals surface area contributed by atoms with Gasteiger partial charge in [-0.15, -0.1) is 34.7 Å². The van der Waals surface area contributed by atoms with E-state index in [1.165, 1.54) is 35.1 Å². The number of halogens is 1. The van der Waals surface area contributed by atoms with E-state index in [-0.39, 0.29) is 18.2 Å². The van der Waals surface area contributed by atoms with Gasteiger partial charge in [-0.3, -0.25) is 9.59 Å². The number of hydrogen-bond donors (Lipinski definition) is 2. The molecule has 2 aliphatic rings. The number of carboxylic acid groups (broad SMARTS) is 1. The molecule has 134 valence electrons. The van der Waals surface area contributed by atoms with Crippen molar-refractivity contribution in [2.24, 2.45) is 0 Å². The third kappa shape index (κ3) is 2.95. The van der Waals surface area contributed by atoms with Crippen LogP contribution in [0.1, 0.15) is 4.88 Å². The third-order valence-corrected chi connectivity index (χ3v) is 6.52. The van der Waals surface area contributed by atoms with E-state index >= 15 is 0 Å². The molecule has 0 aliphatic carbocycles. The molecule has 1 unspecified atom stereocenters. The van der Waals surface area contributed by atoms with Gasteiger partial charge in [0.2, 0.25) is 5.91 Å². The van der Waals surface area contributed by atoms with Gasteiger partial charge in [-0.05, 0) is 22.4 Å². The van der Waals surface area contributed by atoms with Gasteiger partial charge in [-0.2, -0.15) is 0 Å². The van der Waals surface area contributed by atoms with Crippen molar-refractivity contribution < 1.29 is 24.2 Å². The summed E-state index contributed by atoms with van der Waals surface area (Å²) in [4.78, 5) is 38.6. The summed E-state index contributed by atoms with van der Waals surface area (Å²) >= 11 is 8.44. The summed E-state index contributed by atoms with van der Waals surface area (Å²) in [6.07, 6.45) is 0.124. The molecule has 1 saturated heterocycles. The van der Waals surface area contributed by atoms with Gasteiger partial charge >= 0.3 is 5.97 Å². The number of carbonyl (C=O) groups excluding carboxylic acids is 2. The topological polar surface area (TPSA) is 95.9 Å². The maximum absolute atomic E-state index is 12.7. The van der Waals surface area contributed by atoms with E-state index < -0.39 is 29.0 Å². The molecular formula is C15H15ClN2O5S2. The summed E-state index contributed by atoms with van der Waals surface area (Å²) in [5, 5.41) is 14.9. The minimum absolute atomic E-state index is 0.00514. The molecule has 2 amide bonds. The first-order valence-corrected chi connectivity index (χ1v) is 9.64. The molecule has 0 bridgehead atoms. The third-order valence-electron chi connectivity index (χ3n) is 4.08. The van der Waals surface area contributed by atoms with Crippen LogP contribution in [-0.4, -0.2) is 57.9 Å². The van der Waals surface area contributed by atoms with Crippen LogP contribution in [0, 0.1) is 0 Å². The van der Waals surface area contributed by atoms with Gasteiger partial charge in [0.1, 0.15) is 5.37 Å². The van der Waals surface area contributed by atoms with Gasteiger partial charge < -0.3 is 20.1 Å². The highest BCUT2D eigenvalue weighted by Gasteiger charge is 2.67. The van der Waals surface area contributed by atoms with Gasteiger partial charge in [-0.1, -0.05) is 6.07 Å². The number of rotatable bonds is 6. The fourth-order valence-corrected chi connectivity index (χ4v) is 5.23. The Morgan fingerprint density at radius 3 is 2.84 bits per heavy atom. The number of β-lactam (4-membered cyclic amide) rings is 1. The molecule has 7 nitrogen and oxygen atoms in total. The molecule has 3 rings (SSSR count). The Kier molecular flexibility index (Phi) is 5.10. The van der Waals surface area contributed by atoms with Crippen molar-refractivity contribution in [3.8, 4) is 0 Å². The number of carboxylic acids is 1. The van der Waals surface area contributed by atoms with Gasteiger partial charge in [0.15, 0.2) is 6.04 Å². The van der Waals surface area contributed by atoms with Crippen LogP contribution in [0.25, 0.3) is 0 Å². The summed E-state index contributed by atoms with van der Waals surface area (Å²) < 4.78 is 5.35. The Balaban J connectivity index is 1.81. The Labute approximate surface area is 157 Å². The molecule has 3 atom stereocenters. The Morgan fingerprint density at radius 2 is 2.28 bits per heavy atom. The van der Waals surface area contributed by atoms with E-state index in [1.807, 2.05) is 17.5 Å². The van der Waals surface area contributed by atoms with Crippen LogP contribution in [0.2, 0.25) is 0 Å². The van der Waals surface area contributed by atoms with Crippen LogP contribution in [-0.2, 0) is 25.5 Å². The number of methoxy groups -OCH3 is 1. The quantitative estimate of drug-likeness (QED) is 0.422. The first kappa shape index (κ1) is 18.2. The van der Waals surface area contributed by atoms with Crippen molar-refractivity contribution >= 4 is 52.5 Å². The minimum Gasteiger partial charge on any atom is -0.479 e. The molecule has 2 aliphatic heterocycles. The van der Waals surface area contributed by atoms with E-state index in [0.717, 1.165) is 4.88 Å². The van der Waals surface area contributed by atoms with Crippen LogP contribution in [0.15, 0.2) is 28.5 Å². The fraction of sp³-hybridized carbons (Fsp3) is 0.400. The standard InChI is InChI=1S/C15H15ClN2O5S2/c1-23-15(17-10(19)5-9-3-2-4-24-9)13(22)18-11(12(20)21)8(6-16)7-25-14(15)18/h2-4,7,11,14H,5-6H2,1H3,(H,17,19)(H,20,21)/t11?,14-,15-/m0/s1. The lowest BCUT2D eigenvalue weighted by atomic mass is 9.95. The Morgan fingerprint density at radius 1 is 1.52 bits per heavy atom. The molecular weight excluding hydrogens is 388 g/mol. The SMILES string of the molecule is CO[C@@]1(NC(=O)Cc2cccs2)C(=O)N2C(C(=O)O)C(CCl)=CS[C@H]21. The van der Waals surface area contributed by atoms with Crippen molar-refractivity contribution in [2.75, 3.05) is 13.0 Å². The maximum atomic E-state index is 12.7. The number of fused-ring (bicyclic) bond motifs is 1. The fourth-order valence-electron chi connectivity index (χ4n) is 2.90. The summed E-state index contributed by atoms with van der Waals surface area (Å²) in [5.41, 5.74) is -1.14. The maximum Gasteiger partial charge on any atom is 0.330 e. The second-order valence-corrected chi connectivity index (χ2v) is 7.77. The molecule has 0 aromatic carbocycles. The van der Waals surface area contributed by atoms with E-state index in [9.17, 15) is 19.5 Å². The molecule has 10 heteroatoms. The highest BCUT2D eigenvalue weighted by atomic mass is 35.5. The second-order valence-electron chi connectivity index (χ2n) is 5.51. The molecule has 1 aromatic heterocycles. The summed E-state index contributed by atoms with van der Waals surface area (Å²) in [5.74, 6) is -2.11. The number of nitrogens with zero attached hydrogens (tertiary/aromatic N) is 1. The zero-order valence-electron chi connectivity index (χ0n) is 13.1. The number of ether oxygens (including phenoxy) is 1. The number of nitrogens with one attached hydrogen (secondary N) is 1. The Bertz CT molecular complexity index is 738. The predicted molar refractivity (Wildman–Crippen MR) is 94.4 cm³/mol. The summed E-state index contributed by atoms with van der Waals surface area (Å²) in [7, 11) is 1.32. The number of carbonyl (C=O) groups is 3. The second kappa shape index (κ2) is 6.99. The first-order chi connectivity index (χ1) is 11.9. The van der Waals surface area contributed by atoms with Crippen molar-refractivity contribution in [3.05, 3.63) is 33.4 Å². The number of thioether (sulfide) groups is 1. The van der Waals surface area contributed by atoms with Crippen molar-refractivity contribution in [2.45, 2.75) is 23.6 Å². The van der Waals surface area contributed by atoms with Crippen LogP contribution >= 0.6 is 34.7 Å². The van der Waals surface area contributed by atoms with Crippen LogP contribution in [0.5, 0.6) is 0 Å². The zero-order chi connectivity index (χ0) is 18.2. The van der Waals surface area contributed by atoms with Crippen LogP contribution < -0.4 is 5.32 Å². The molecule has 0 saturated carbocycles. The minimum atomic E-state index is -1.57. The molecule has 1 aromatic rings. The van der Waals surface area contributed by atoms with E-state index in [1.54, 1.807) is 5.41 Å². The molecule has 1 fully saturated rings. The van der Waals surface area contributed by atoms with Gasteiger partial charge in [0.25, 0.3) is 11.6 Å².